The number of benzene rings is 1. The number of para-hydroxylation sites is 1. The molecule has 8 heteroatoms. The first-order valence-electron chi connectivity index (χ1n) is 8.80. The van der Waals surface area contributed by atoms with Crippen molar-refractivity contribution < 1.29 is 14.0 Å². The molecule has 2 heterocycles. The Morgan fingerprint density at radius 2 is 2.04 bits per heavy atom. The van der Waals surface area contributed by atoms with Gasteiger partial charge in [-0.2, -0.15) is 0 Å². The van der Waals surface area contributed by atoms with Crippen molar-refractivity contribution in [3.8, 4) is 0 Å². The minimum atomic E-state index is -0.277. The summed E-state index contributed by atoms with van der Waals surface area (Å²) in [6, 6.07) is 10.5. The lowest BCUT2D eigenvalue weighted by Gasteiger charge is -2.16. The molecular weight excluding hydrogens is 376 g/mol. The first-order valence-corrected chi connectivity index (χ1v) is 9.62. The molecule has 2 N–H and O–H groups in total. The minimum absolute atomic E-state index is 0.185. The third kappa shape index (κ3) is 5.51. The number of furan rings is 1. The summed E-state index contributed by atoms with van der Waals surface area (Å²) in [5.41, 5.74) is 0.884. The van der Waals surface area contributed by atoms with Gasteiger partial charge in [-0.1, -0.05) is 12.1 Å². The normalized spacial score (nSPS) is 10.8. The molecule has 0 bridgehead atoms. The molecule has 2 aromatic heterocycles. The van der Waals surface area contributed by atoms with Crippen molar-refractivity contribution >= 4 is 28.8 Å². The number of nitrogens with zero attached hydrogens (tertiary/aromatic N) is 2. The number of carbonyl (C=O) groups is 2. The van der Waals surface area contributed by atoms with Gasteiger partial charge in [0.25, 0.3) is 5.91 Å². The van der Waals surface area contributed by atoms with Crippen LogP contribution < -0.4 is 10.6 Å². The van der Waals surface area contributed by atoms with Crippen LogP contribution in [0.5, 0.6) is 0 Å². The minimum Gasteiger partial charge on any atom is -0.467 e. The zero-order chi connectivity index (χ0) is 19.9. The molecule has 0 aliphatic heterocycles. The number of carbonyl (C=O) groups excluding carboxylic acids is 2. The van der Waals surface area contributed by atoms with Gasteiger partial charge >= 0.3 is 0 Å². The Morgan fingerprint density at radius 3 is 2.75 bits per heavy atom. The van der Waals surface area contributed by atoms with Gasteiger partial charge in [0, 0.05) is 17.6 Å². The molecule has 0 aliphatic carbocycles. The molecule has 0 saturated carbocycles. The fourth-order valence-electron chi connectivity index (χ4n) is 2.70. The van der Waals surface area contributed by atoms with E-state index in [0.717, 1.165) is 9.88 Å². The van der Waals surface area contributed by atoms with Crippen molar-refractivity contribution in [2.24, 2.45) is 0 Å². The van der Waals surface area contributed by atoms with Gasteiger partial charge in [0.15, 0.2) is 0 Å². The highest BCUT2D eigenvalue weighted by Crippen LogP contribution is 2.16. The number of thiazole rings is 1. The van der Waals surface area contributed by atoms with E-state index in [9.17, 15) is 9.59 Å². The van der Waals surface area contributed by atoms with Crippen LogP contribution in [0.25, 0.3) is 0 Å². The van der Waals surface area contributed by atoms with Crippen molar-refractivity contribution in [3.63, 3.8) is 0 Å². The molecule has 0 radical (unpaired) electrons. The topological polar surface area (TPSA) is 87.5 Å². The first kappa shape index (κ1) is 19.8. The molecule has 1 aromatic carbocycles. The number of anilines is 1. The van der Waals surface area contributed by atoms with Gasteiger partial charge in [0.05, 0.1) is 35.6 Å². The molecule has 0 atom stereocenters. The number of hydrogen-bond donors (Lipinski definition) is 2. The molecule has 3 aromatic rings. The Hall–Kier alpha value is -2.97. The third-order valence-corrected chi connectivity index (χ3v) is 4.85. The van der Waals surface area contributed by atoms with Gasteiger partial charge in [-0.25, -0.2) is 4.98 Å². The fraction of sp³-hybridized carbons (Fsp3) is 0.250. The van der Waals surface area contributed by atoms with Gasteiger partial charge < -0.3 is 15.1 Å². The second-order valence-corrected chi connectivity index (χ2v) is 7.69. The summed E-state index contributed by atoms with van der Waals surface area (Å²) >= 11 is 1.61. The van der Waals surface area contributed by atoms with Crippen LogP contribution in [0, 0.1) is 6.92 Å². The second-order valence-electron chi connectivity index (χ2n) is 6.37. The van der Waals surface area contributed by atoms with Crippen LogP contribution in [0.3, 0.4) is 0 Å². The average molecular weight is 398 g/mol. The molecule has 0 fully saturated rings. The van der Waals surface area contributed by atoms with Gasteiger partial charge in [0.1, 0.15) is 5.76 Å². The Balaban J connectivity index is 1.57. The third-order valence-electron chi connectivity index (χ3n) is 3.96. The van der Waals surface area contributed by atoms with E-state index in [-0.39, 0.29) is 24.9 Å². The Labute approximate surface area is 167 Å². The molecule has 28 heavy (non-hydrogen) atoms. The van der Waals surface area contributed by atoms with E-state index in [4.69, 9.17) is 4.42 Å². The zero-order valence-electron chi connectivity index (χ0n) is 15.8. The summed E-state index contributed by atoms with van der Waals surface area (Å²) in [6.45, 7) is 3.09. The molecule has 3 rings (SSSR count). The van der Waals surface area contributed by atoms with Gasteiger partial charge in [0.2, 0.25) is 5.91 Å². The van der Waals surface area contributed by atoms with Crippen molar-refractivity contribution in [2.45, 2.75) is 20.0 Å². The van der Waals surface area contributed by atoms with Crippen LogP contribution in [0.1, 0.15) is 26.0 Å². The molecule has 0 aliphatic rings. The molecular formula is C20H22N4O3S. The van der Waals surface area contributed by atoms with Crippen LogP contribution in [0.15, 0.2) is 53.3 Å². The van der Waals surface area contributed by atoms with Crippen LogP contribution >= 0.6 is 11.3 Å². The maximum absolute atomic E-state index is 12.5. The Bertz CT molecular complexity index is 937. The monoisotopic (exact) mass is 398 g/mol. The fourth-order valence-corrected chi connectivity index (χ4v) is 3.58. The highest BCUT2D eigenvalue weighted by Gasteiger charge is 2.15. The van der Waals surface area contributed by atoms with Crippen molar-refractivity contribution in [1.82, 2.24) is 15.2 Å². The van der Waals surface area contributed by atoms with E-state index in [1.165, 1.54) is 0 Å². The van der Waals surface area contributed by atoms with E-state index >= 15 is 0 Å². The largest absolute Gasteiger partial charge is 0.467 e. The van der Waals surface area contributed by atoms with E-state index in [2.05, 4.69) is 15.6 Å². The maximum atomic E-state index is 12.5. The molecule has 0 unspecified atom stereocenters. The summed E-state index contributed by atoms with van der Waals surface area (Å²) in [6.07, 6.45) is 3.38. The zero-order valence-corrected chi connectivity index (χ0v) is 16.6. The van der Waals surface area contributed by atoms with Crippen LogP contribution in [-0.4, -0.2) is 35.3 Å². The predicted molar refractivity (Wildman–Crippen MR) is 108 cm³/mol. The number of nitrogens with one attached hydrogen (secondary N) is 2. The molecule has 0 spiro atoms. The molecule has 0 saturated heterocycles. The SMILES string of the molecule is Cc1ncc(CN(C)CC(=O)Nc2ccccc2C(=O)NCc2ccco2)s1. The van der Waals surface area contributed by atoms with Crippen molar-refractivity contribution in [2.75, 3.05) is 18.9 Å². The van der Waals surface area contributed by atoms with Crippen LogP contribution in [-0.2, 0) is 17.9 Å². The molecule has 146 valence electrons. The van der Waals surface area contributed by atoms with E-state index in [1.807, 2.05) is 25.1 Å². The van der Waals surface area contributed by atoms with E-state index < -0.39 is 0 Å². The standard InChI is InChI=1S/C20H22N4O3S/c1-14-21-11-16(28-14)12-24(2)13-19(25)23-18-8-4-3-7-17(18)20(26)22-10-15-6-5-9-27-15/h3-9,11H,10,12-13H2,1-2H3,(H,22,26)(H,23,25). The van der Waals surface area contributed by atoms with Gasteiger partial charge in [-0.3, -0.25) is 14.5 Å². The molecule has 2 amide bonds. The highest BCUT2D eigenvalue weighted by atomic mass is 32.1. The van der Waals surface area contributed by atoms with Crippen LogP contribution in [0.4, 0.5) is 5.69 Å². The number of amides is 2. The van der Waals surface area contributed by atoms with Crippen molar-refractivity contribution in [3.05, 3.63) is 70.1 Å². The van der Waals surface area contributed by atoms with Crippen LogP contribution in [0.2, 0.25) is 0 Å². The van der Waals surface area contributed by atoms with E-state index in [0.29, 0.717) is 23.6 Å². The number of hydrogen-bond acceptors (Lipinski definition) is 6. The quantitative estimate of drug-likeness (QED) is 0.609. The van der Waals surface area contributed by atoms with Gasteiger partial charge in [-0.05, 0) is 38.2 Å². The number of aromatic nitrogens is 1. The lowest BCUT2D eigenvalue weighted by atomic mass is 10.1. The summed E-state index contributed by atoms with van der Waals surface area (Å²) in [5.74, 6) is 0.200. The highest BCUT2D eigenvalue weighted by molar-refractivity contribution is 7.11. The summed E-state index contributed by atoms with van der Waals surface area (Å²) in [4.78, 5) is 32.1. The number of aryl methyl sites for hydroxylation is 1. The smallest absolute Gasteiger partial charge is 0.253 e. The summed E-state index contributed by atoms with van der Waals surface area (Å²) in [5, 5.41) is 6.62. The summed E-state index contributed by atoms with van der Waals surface area (Å²) < 4.78 is 5.22. The lowest BCUT2D eigenvalue weighted by molar-refractivity contribution is -0.117. The number of rotatable bonds is 8. The second kappa shape index (κ2) is 9.29. The average Bonchev–Trinajstić information content (AvgIpc) is 3.31. The summed E-state index contributed by atoms with van der Waals surface area (Å²) in [7, 11) is 1.87. The predicted octanol–water partition coefficient (Wildman–Crippen LogP) is 3.05. The Kier molecular flexibility index (Phi) is 6.57. The number of likely N-dealkylation sites (N-methyl/N-ethyl adjacent to an activating group) is 1. The lowest BCUT2D eigenvalue weighted by Crippen LogP contribution is -2.31. The maximum Gasteiger partial charge on any atom is 0.253 e. The first-order chi connectivity index (χ1) is 13.5. The Morgan fingerprint density at radius 1 is 1.21 bits per heavy atom. The van der Waals surface area contributed by atoms with E-state index in [1.54, 1.807) is 54.0 Å². The molecule has 7 nitrogen and oxygen atoms in total. The van der Waals surface area contributed by atoms with Crippen molar-refractivity contribution in [1.29, 1.82) is 0 Å². The van der Waals surface area contributed by atoms with Gasteiger partial charge in [-0.15, -0.1) is 11.3 Å².